The van der Waals surface area contributed by atoms with E-state index in [1.807, 2.05) is 0 Å². The fourth-order valence-electron chi connectivity index (χ4n) is 5.47. The van der Waals surface area contributed by atoms with Crippen molar-refractivity contribution in [1.29, 1.82) is 0 Å². The number of ether oxygens (including phenoxy) is 2. The summed E-state index contributed by atoms with van der Waals surface area (Å²) in [5.74, 6) is 0.969. The van der Waals surface area contributed by atoms with Crippen molar-refractivity contribution in [1.82, 2.24) is 5.01 Å². The average molecular weight is 477 g/mol. The Bertz CT molecular complexity index is 1220. The fraction of sp³-hybridized carbons (Fsp3) is 0.346. The first-order valence-corrected chi connectivity index (χ1v) is 11.7. The Kier molecular flexibility index (Phi) is 4.25. The predicted octanol–water partition coefficient (Wildman–Crippen LogP) is 6.43. The highest BCUT2D eigenvalue weighted by molar-refractivity contribution is 9.10. The van der Waals surface area contributed by atoms with Gasteiger partial charge in [-0.25, -0.2) is 5.01 Å². The lowest BCUT2D eigenvalue weighted by molar-refractivity contribution is -0.212. The lowest BCUT2D eigenvalue weighted by atomic mass is 9.86. The lowest BCUT2D eigenvalue weighted by Gasteiger charge is -2.52. The minimum Gasteiger partial charge on any atom is -0.466 e. The van der Waals surface area contributed by atoms with Gasteiger partial charge in [0, 0.05) is 34.9 Å². The molecule has 0 saturated carbocycles. The van der Waals surface area contributed by atoms with Crippen LogP contribution in [0.15, 0.2) is 70.2 Å². The first-order chi connectivity index (χ1) is 14.9. The van der Waals surface area contributed by atoms with Gasteiger partial charge in [-0.1, -0.05) is 58.4 Å². The summed E-state index contributed by atoms with van der Waals surface area (Å²) in [7, 11) is 0. The molecule has 0 aromatic heterocycles. The van der Waals surface area contributed by atoms with Crippen molar-refractivity contribution < 1.29 is 9.47 Å². The molecule has 5 heteroatoms. The zero-order chi connectivity index (χ0) is 21.2. The van der Waals surface area contributed by atoms with E-state index in [1.54, 1.807) is 0 Å². The molecule has 158 valence electrons. The molecule has 1 fully saturated rings. The molecule has 0 bridgehead atoms. The van der Waals surface area contributed by atoms with Gasteiger partial charge in [0.1, 0.15) is 5.75 Å². The minimum atomic E-state index is -0.487. The Hall–Kier alpha value is -2.37. The van der Waals surface area contributed by atoms with Crippen LogP contribution in [0.1, 0.15) is 50.3 Å². The molecule has 3 heterocycles. The molecule has 0 aliphatic carbocycles. The summed E-state index contributed by atoms with van der Waals surface area (Å²) in [6.45, 7) is 4.96. The molecule has 3 aromatic carbocycles. The van der Waals surface area contributed by atoms with Crippen LogP contribution >= 0.6 is 15.9 Å². The summed E-state index contributed by atoms with van der Waals surface area (Å²) in [6, 6.07) is 21.5. The minimum absolute atomic E-state index is 0.157. The van der Waals surface area contributed by atoms with E-state index in [2.05, 4.69) is 95.5 Å². The van der Waals surface area contributed by atoms with Gasteiger partial charge >= 0.3 is 0 Å². The molecule has 0 unspecified atom stereocenters. The highest BCUT2D eigenvalue weighted by Crippen LogP contribution is 2.52. The Balaban J connectivity index is 1.51. The molecular weight excluding hydrogens is 452 g/mol. The molecule has 3 aromatic rings. The van der Waals surface area contributed by atoms with Gasteiger partial charge in [-0.15, -0.1) is 0 Å². The molecule has 4 nitrogen and oxygen atoms in total. The third-order valence-electron chi connectivity index (χ3n) is 6.75. The number of nitrogens with zero attached hydrogens (tertiary/aromatic N) is 2. The van der Waals surface area contributed by atoms with E-state index >= 15 is 0 Å². The summed E-state index contributed by atoms with van der Waals surface area (Å²) in [6.07, 6.45) is 2.44. The molecule has 0 N–H and O–H groups in total. The maximum Gasteiger partial charge on any atom is 0.203 e. The molecule has 3 aliphatic heterocycles. The van der Waals surface area contributed by atoms with Crippen molar-refractivity contribution in [2.75, 3.05) is 6.61 Å². The van der Waals surface area contributed by atoms with Gasteiger partial charge < -0.3 is 9.47 Å². The largest absolute Gasteiger partial charge is 0.466 e. The smallest absolute Gasteiger partial charge is 0.203 e. The molecule has 1 spiro atoms. The molecular formula is C26H25BrN2O2. The SMILES string of the molecule is CC1(C)C[C@@]2(CCO1)Oc1ccc(Br)cc1[C@@H]1CC(c3cccc4ccccc34)=NN12. The van der Waals surface area contributed by atoms with E-state index in [1.165, 1.54) is 21.9 Å². The van der Waals surface area contributed by atoms with Crippen LogP contribution in [0, 0.1) is 0 Å². The second-order valence-corrected chi connectivity index (χ2v) is 10.3. The van der Waals surface area contributed by atoms with Crippen molar-refractivity contribution >= 4 is 32.4 Å². The summed E-state index contributed by atoms with van der Waals surface area (Å²) in [5, 5.41) is 10.0. The third-order valence-corrected chi connectivity index (χ3v) is 7.24. The number of hydrogen-bond acceptors (Lipinski definition) is 4. The van der Waals surface area contributed by atoms with Crippen LogP contribution in [0.25, 0.3) is 10.8 Å². The van der Waals surface area contributed by atoms with Crippen molar-refractivity contribution in [3.8, 4) is 5.75 Å². The molecule has 2 atom stereocenters. The quantitative estimate of drug-likeness (QED) is 0.405. The highest BCUT2D eigenvalue weighted by Gasteiger charge is 2.54. The lowest BCUT2D eigenvalue weighted by Crippen LogP contribution is -2.60. The number of rotatable bonds is 1. The predicted molar refractivity (Wildman–Crippen MR) is 126 cm³/mol. The van der Waals surface area contributed by atoms with Crippen LogP contribution < -0.4 is 4.74 Å². The zero-order valence-electron chi connectivity index (χ0n) is 17.8. The summed E-state index contributed by atoms with van der Waals surface area (Å²) in [4.78, 5) is 0. The van der Waals surface area contributed by atoms with E-state index in [-0.39, 0.29) is 11.6 Å². The van der Waals surface area contributed by atoms with E-state index in [0.717, 1.165) is 35.2 Å². The molecule has 0 amide bonds. The topological polar surface area (TPSA) is 34.1 Å². The number of hydrogen-bond donors (Lipinski definition) is 0. The first-order valence-electron chi connectivity index (χ1n) is 10.9. The molecule has 3 aliphatic rings. The van der Waals surface area contributed by atoms with Gasteiger partial charge in [-0.2, -0.15) is 5.10 Å². The van der Waals surface area contributed by atoms with Gasteiger partial charge in [0.25, 0.3) is 0 Å². The maximum atomic E-state index is 6.75. The van der Waals surface area contributed by atoms with Crippen molar-refractivity contribution in [3.05, 3.63) is 76.3 Å². The maximum absolute atomic E-state index is 6.75. The highest BCUT2D eigenvalue weighted by atomic mass is 79.9. The van der Waals surface area contributed by atoms with Crippen LogP contribution in [0.3, 0.4) is 0 Å². The van der Waals surface area contributed by atoms with Crippen molar-refractivity contribution in [3.63, 3.8) is 0 Å². The Morgan fingerprint density at radius 1 is 1.06 bits per heavy atom. The third kappa shape index (κ3) is 3.09. The number of halogens is 1. The average Bonchev–Trinajstić information content (AvgIpc) is 3.20. The zero-order valence-corrected chi connectivity index (χ0v) is 19.4. The van der Waals surface area contributed by atoms with Crippen molar-refractivity contribution in [2.24, 2.45) is 5.10 Å². The normalized spacial score (nSPS) is 26.4. The molecule has 31 heavy (non-hydrogen) atoms. The van der Waals surface area contributed by atoms with Gasteiger partial charge in [-0.3, -0.25) is 0 Å². The van der Waals surface area contributed by atoms with Crippen LogP contribution in [0.2, 0.25) is 0 Å². The van der Waals surface area contributed by atoms with Crippen LogP contribution in [0.5, 0.6) is 5.75 Å². The Morgan fingerprint density at radius 3 is 2.77 bits per heavy atom. The van der Waals surface area contributed by atoms with Crippen LogP contribution in [-0.2, 0) is 4.74 Å². The summed E-state index contributed by atoms with van der Waals surface area (Å²) in [5.41, 5.74) is 2.79. The van der Waals surface area contributed by atoms with E-state index in [4.69, 9.17) is 14.6 Å². The van der Waals surface area contributed by atoms with Gasteiger partial charge in [0.05, 0.1) is 24.0 Å². The second-order valence-electron chi connectivity index (χ2n) is 9.40. The van der Waals surface area contributed by atoms with Crippen LogP contribution in [0.4, 0.5) is 0 Å². The summed E-state index contributed by atoms with van der Waals surface area (Å²) >= 11 is 3.65. The van der Waals surface area contributed by atoms with E-state index in [9.17, 15) is 0 Å². The van der Waals surface area contributed by atoms with Gasteiger partial charge in [-0.05, 0) is 42.8 Å². The standard InChI is InChI=1S/C26H25BrN2O2/c1-25(2)16-26(12-13-30-25)29-23(21-14-18(27)10-11-24(21)31-26)15-22(28-29)20-9-5-7-17-6-3-4-8-19(17)20/h3-11,14,23H,12-13,15-16H2,1-2H3/t23-,26+/m0/s1. The van der Waals surface area contributed by atoms with Crippen LogP contribution in [-0.4, -0.2) is 28.7 Å². The van der Waals surface area contributed by atoms with Gasteiger partial charge in [0.15, 0.2) is 0 Å². The molecule has 1 saturated heterocycles. The van der Waals surface area contributed by atoms with Crippen molar-refractivity contribution in [2.45, 2.75) is 50.5 Å². The Morgan fingerprint density at radius 2 is 1.90 bits per heavy atom. The number of benzene rings is 3. The first kappa shape index (κ1) is 19.3. The molecule has 6 rings (SSSR count). The second kappa shape index (κ2) is 6.81. The summed E-state index contributed by atoms with van der Waals surface area (Å²) < 4.78 is 13.9. The van der Waals surface area contributed by atoms with Gasteiger partial charge in [0.2, 0.25) is 5.72 Å². The monoisotopic (exact) mass is 476 g/mol. The Labute approximate surface area is 191 Å². The van der Waals surface area contributed by atoms with E-state index < -0.39 is 5.72 Å². The number of fused-ring (bicyclic) bond motifs is 5. The molecule has 0 radical (unpaired) electrons. The van der Waals surface area contributed by atoms with E-state index in [0.29, 0.717) is 6.61 Å². The number of hydrazone groups is 1. The fourth-order valence-corrected chi connectivity index (χ4v) is 5.84.